The fourth-order valence-corrected chi connectivity index (χ4v) is 18.7. The fourth-order valence-electron chi connectivity index (χ4n) is 3.48. The Balaban J connectivity index is 4.40. The zero-order chi connectivity index (χ0) is 16.5. The standard InChI is InChI=1S/C9H17.3C4H9.Sn/c1-3-5-7-9-8-6-4-2;3*1-3-4-2;/h3,5H,1,4,6-9H2,2H3;3*1,3-4H2,2H3;/b5-3+;;;;. The average molecular weight is 415 g/mol. The Labute approximate surface area is 146 Å². The summed E-state index contributed by atoms with van der Waals surface area (Å²) in [6.07, 6.45) is 20.8. The van der Waals surface area contributed by atoms with Crippen LogP contribution in [0.3, 0.4) is 0 Å². The molecule has 0 aliphatic rings. The van der Waals surface area contributed by atoms with Crippen molar-refractivity contribution in [3.63, 3.8) is 0 Å². The molecule has 0 atom stereocenters. The molecule has 1 heteroatoms. The van der Waals surface area contributed by atoms with E-state index in [-0.39, 0.29) is 0 Å². The van der Waals surface area contributed by atoms with Gasteiger partial charge in [-0.1, -0.05) is 0 Å². The molecule has 22 heavy (non-hydrogen) atoms. The van der Waals surface area contributed by atoms with Gasteiger partial charge in [-0.15, -0.1) is 0 Å². The molecule has 0 nitrogen and oxygen atoms in total. The number of rotatable bonds is 16. The Morgan fingerprint density at radius 1 is 0.545 bits per heavy atom. The average Bonchev–Trinajstić information content (AvgIpc) is 2.55. The Bertz CT molecular complexity index is 223. The van der Waals surface area contributed by atoms with Crippen LogP contribution in [-0.4, -0.2) is 18.4 Å². The first-order valence-corrected chi connectivity index (χ1v) is 18.5. The van der Waals surface area contributed by atoms with E-state index in [4.69, 9.17) is 0 Å². The Kier molecular flexibility index (Phi) is 16.8. The molecule has 0 amide bonds. The van der Waals surface area contributed by atoms with E-state index < -0.39 is 18.4 Å². The van der Waals surface area contributed by atoms with Gasteiger partial charge in [-0.2, -0.15) is 0 Å². The normalized spacial score (nSPS) is 12.4. The third kappa shape index (κ3) is 12.0. The maximum atomic E-state index is 2.63. The van der Waals surface area contributed by atoms with Crippen molar-refractivity contribution in [1.82, 2.24) is 0 Å². The third-order valence-electron chi connectivity index (χ3n) is 5.12. The molecule has 0 saturated carbocycles. The molecule has 0 N–H and O–H groups in total. The summed E-state index contributed by atoms with van der Waals surface area (Å²) in [5.41, 5.74) is 0. The van der Waals surface area contributed by atoms with E-state index in [2.05, 4.69) is 39.8 Å². The monoisotopic (exact) mass is 416 g/mol. The van der Waals surface area contributed by atoms with E-state index in [9.17, 15) is 0 Å². The van der Waals surface area contributed by atoms with Gasteiger partial charge in [-0.05, 0) is 0 Å². The van der Waals surface area contributed by atoms with E-state index in [0.717, 1.165) is 0 Å². The van der Waals surface area contributed by atoms with Gasteiger partial charge in [0.1, 0.15) is 0 Å². The van der Waals surface area contributed by atoms with Crippen LogP contribution in [0.25, 0.3) is 0 Å². The first-order chi connectivity index (χ1) is 10.7. The van der Waals surface area contributed by atoms with Crippen LogP contribution in [0.2, 0.25) is 17.7 Å². The second-order valence-corrected chi connectivity index (χ2v) is 21.3. The summed E-state index contributed by atoms with van der Waals surface area (Å²) in [6, 6.07) is 0. The van der Waals surface area contributed by atoms with Gasteiger partial charge in [0.2, 0.25) is 0 Å². The van der Waals surface area contributed by atoms with Crippen LogP contribution in [0.4, 0.5) is 0 Å². The summed E-state index contributed by atoms with van der Waals surface area (Å²) < 4.78 is 6.52. The molecule has 0 unspecified atom stereocenters. The second-order valence-electron chi connectivity index (χ2n) is 7.34. The summed E-state index contributed by atoms with van der Waals surface area (Å²) in [4.78, 5) is 0. The molecule has 0 aromatic heterocycles. The van der Waals surface area contributed by atoms with Crippen LogP contribution < -0.4 is 0 Å². The zero-order valence-electron chi connectivity index (χ0n) is 16.3. The minimum atomic E-state index is -1.86. The van der Waals surface area contributed by atoms with E-state index in [1.54, 1.807) is 17.7 Å². The summed E-state index contributed by atoms with van der Waals surface area (Å²) >= 11 is -1.86. The summed E-state index contributed by atoms with van der Waals surface area (Å²) in [7, 11) is 0. The molecule has 132 valence electrons. The Morgan fingerprint density at radius 3 is 1.50 bits per heavy atom. The van der Waals surface area contributed by atoms with Crippen LogP contribution in [0.1, 0.15) is 98.3 Å². The van der Waals surface area contributed by atoms with Crippen molar-refractivity contribution < 1.29 is 0 Å². The van der Waals surface area contributed by atoms with Gasteiger partial charge in [-0.25, -0.2) is 0 Å². The predicted molar refractivity (Wildman–Crippen MR) is 108 cm³/mol. The topological polar surface area (TPSA) is 0 Å². The molecule has 0 heterocycles. The molecule has 0 aliphatic carbocycles. The van der Waals surface area contributed by atoms with Crippen molar-refractivity contribution in [3.8, 4) is 0 Å². The van der Waals surface area contributed by atoms with Gasteiger partial charge < -0.3 is 0 Å². The molecule has 0 aromatic carbocycles. The van der Waals surface area contributed by atoms with E-state index >= 15 is 0 Å². The molecule has 0 radical (unpaired) electrons. The van der Waals surface area contributed by atoms with Crippen molar-refractivity contribution in [2.45, 2.75) is 116 Å². The summed E-state index contributed by atoms with van der Waals surface area (Å²) in [5, 5.41) is 0. The predicted octanol–water partition coefficient (Wildman–Crippen LogP) is 8.36. The summed E-state index contributed by atoms with van der Waals surface area (Å²) in [6.45, 7) is 9.42. The maximum absolute atomic E-state index is 2.63. The van der Waals surface area contributed by atoms with Crippen molar-refractivity contribution in [2.75, 3.05) is 0 Å². The SMILES string of the molecule is CCCCCC/C=C/[CH2][Sn]([CH2]CCC)([CH2]CCC)[CH2]CCC. The van der Waals surface area contributed by atoms with Crippen LogP contribution in [0.15, 0.2) is 12.2 Å². The van der Waals surface area contributed by atoms with Gasteiger partial charge in [0, 0.05) is 0 Å². The number of hydrogen-bond acceptors (Lipinski definition) is 0. The van der Waals surface area contributed by atoms with Crippen LogP contribution in [0, 0.1) is 0 Å². The quantitative estimate of drug-likeness (QED) is 0.135. The molecule has 0 rings (SSSR count). The second kappa shape index (κ2) is 16.4. The molecular weight excluding hydrogens is 371 g/mol. The number of hydrogen-bond donors (Lipinski definition) is 0. The van der Waals surface area contributed by atoms with Crippen molar-refractivity contribution in [3.05, 3.63) is 12.2 Å². The van der Waals surface area contributed by atoms with Gasteiger partial charge in [0.15, 0.2) is 0 Å². The first-order valence-electron chi connectivity index (χ1n) is 10.4. The van der Waals surface area contributed by atoms with Crippen molar-refractivity contribution >= 4 is 18.4 Å². The minimum absolute atomic E-state index is 1.33. The van der Waals surface area contributed by atoms with Crippen LogP contribution in [-0.2, 0) is 0 Å². The van der Waals surface area contributed by atoms with Gasteiger partial charge >= 0.3 is 147 Å². The molecule has 0 aliphatic heterocycles. The van der Waals surface area contributed by atoms with E-state index in [1.807, 2.05) is 0 Å². The third-order valence-corrected chi connectivity index (χ3v) is 20.4. The van der Waals surface area contributed by atoms with E-state index in [1.165, 1.54) is 70.6 Å². The molecule has 0 aromatic rings. The Hall–Kier alpha value is 0.539. The van der Waals surface area contributed by atoms with Crippen LogP contribution >= 0.6 is 0 Å². The summed E-state index contributed by atoms with van der Waals surface area (Å²) in [5.74, 6) is 0. The molecule has 0 spiro atoms. The van der Waals surface area contributed by atoms with Gasteiger partial charge in [0.25, 0.3) is 0 Å². The first kappa shape index (κ1) is 22.5. The van der Waals surface area contributed by atoms with Gasteiger partial charge in [-0.3, -0.25) is 0 Å². The molecule has 0 fully saturated rings. The number of unbranched alkanes of at least 4 members (excludes halogenated alkanes) is 7. The molecule has 0 bridgehead atoms. The number of allylic oxidation sites excluding steroid dienone is 2. The Morgan fingerprint density at radius 2 is 1.05 bits per heavy atom. The van der Waals surface area contributed by atoms with Gasteiger partial charge in [0.05, 0.1) is 0 Å². The fraction of sp³-hybridized carbons (Fsp3) is 0.905. The zero-order valence-corrected chi connectivity index (χ0v) is 19.1. The molecular formula is C21H44Sn. The van der Waals surface area contributed by atoms with Crippen molar-refractivity contribution in [1.29, 1.82) is 0 Å². The van der Waals surface area contributed by atoms with E-state index in [0.29, 0.717) is 0 Å². The van der Waals surface area contributed by atoms with Crippen LogP contribution in [0.5, 0.6) is 0 Å². The van der Waals surface area contributed by atoms with Crippen molar-refractivity contribution in [2.24, 2.45) is 0 Å². The molecule has 0 saturated heterocycles.